The Morgan fingerprint density at radius 3 is 2.80 bits per heavy atom. The fraction of sp³-hybridized carbons (Fsp3) is 0.786. The molecule has 0 aliphatic heterocycles. The molecule has 0 saturated heterocycles. The van der Waals surface area contributed by atoms with Crippen molar-refractivity contribution in [3.63, 3.8) is 0 Å². The molecule has 1 unspecified atom stereocenters. The van der Waals surface area contributed by atoms with Crippen LogP contribution >= 0.6 is 11.8 Å². The van der Waals surface area contributed by atoms with E-state index < -0.39 is 0 Å². The van der Waals surface area contributed by atoms with Crippen LogP contribution in [-0.2, 0) is 18.3 Å². The maximum Gasteiger partial charge on any atom is 0.131 e. The molecule has 0 spiro atoms. The molecule has 0 amide bonds. The van der Waals surface area contributed by atoms with Crippen LogP contribution in [0, 0.1) is 6.92 Å². The van der Waals surface area contributed by atoms with E-state index in [1.54, 1.807) is 7.11 Å². The van der Waals surface area contributed by atoms with Crippen LogP contribution in [0.25, 0.3) is 0 Å². The molecule has 0 saturated carbocycles. The molecule has 0 aliphatic rings. The van der Waals surface area contributed by atoms with Crippen LogP contribution in [0.15, 0.2) is 0 Å². The molecule has 1 aromatic heterocycles. The van der Waals surface area contributed by atoms with E-state index in [0.717, 1.165) is 31.1 Å². The van der Waals surface area contributed by atoms with Gasteiger partial charge in [-0.15, -0.1) is 0 Å². The summed E-state index contributed by atoms with van der Waals surface area (Å²) in [4.78, 5) is 2.32. The molecule has 1 N–H and O–H groups in total. The Labute approximate surface area is 127 Å². The second kappa shape index (κ2) is 8.54. The smallest absolute Gasteiger partial charge is 0.131 e. The number of nitrogens with one attached hydrogen (secondary N) is 1. The van der Waals surface area contributed by atoms with Gasteiger partial charge in [-0.3, -0.25) is 4.68 Å². The Hall–Kier alpha value is -0.720. The van der Waals surface area contributed by atoms with Crippen LogP contribution in [0.5, 0.6) is 0 Å². The van der Waals surface area contributed by atoms with Gasteiger partial charge in [0.15, 0.2) is 0 Å². The lowest BCUT2D eigenvalue weighted by Crippen LogP contribution is -2.33. The Morgan fingerprint density at radius 2 is 2.20 bits per heavy atom. The predicted octanol–water partition coefficient (Wildman–Crippen LogP) is 1.65. The molecule has 20 heavy (non-hydrogen) atoms. The van der Waals surface area contributed by atoms with Crippen LogP contribution in [0.1, 0.15) is 18.2 Å². The van der Waals surface area contributed by atoms with E-state index in [1.807, 2.05) is 23.5 Å². The first-order chi connectivity index (χ1) is 9.52. The maximum atomic E-state index is 5.07. The first-order valence-corrected chi connectivity index (χ1v) is 8.36. The van der Waals surface area contributed by atoms with E-state index in [-0.39, 0.29) is 0 Å². The number of ether oxygens (including phenoxy) is 1. The third-order valence-electron chi connectivity index (χ3n) is 3.50. The second-order valence-electron chi connectivity index (χ2n) is 5.10. The average molecular weight is 300 g/mol. The number of rotatable bonds is 9. The molecule has 1 aromatic rings. The summed E-state index contributed by atoms with van der Waals surface area (Å²) in [7, 11) is 5.89. The minimum Gasteiger partial charge on any atom is -0.383 e. The van der Waals surface area contributed by atoms with Gasteiger partial charge in [-0.2, -0.15) is 16.9 Å². The lowest BCUT2D eigenvalue weighted by atomic mass is 10.2. The highest BCUT2D eigenvalue weighted by Gasteiger charge is 2.19. The van der Waals surface area contributed by atoms with Crippen molar-refractivity contribution in [2.45, 2.75) is 26.4 Å². The van der Waals surface area contributed by atoms with Crippen LogP contribution in [0.4, 0.5) is 5.82 Å². The average Bonchev–Trinajstić information content (AvgIpc) is 2.68. The zero-order valence-corrected chi connectivity index (χ0v) is 14.4. The Morgan fingerprint density at radius 1 is 1.50 bits per heavy atom. The summed E-state index contributed by atoms with van der Waals surface area (Å²) in [6, 6.07) is 0.484. The first kappa shape index (κ1) is 17.3. The molecule has 1 rings (SSSR count). The highest BCUT2D eigenvalue weighted by Crippen LogP contribution is 2.24. The van der Waals surface area contributed by atoms with Crippen molar-refractivity contribution >= 4 is 17.6 Å². The molecule has 0 bridgehead atoms. The molecule has 0 fully saturated rings. The zero-order valence-electron chi connectivity index (χ0n) is 13.6. The van der Waals surface area contributed by atoms with Gasteiger partial charge < -0.3 is 15.0 Å². The van der Waals surface area contributed by atoms with Gasteiger partial charge in [0.05, 0.1) is 12.3 Å². The van der Waals surface area contributed by atoms with Gasteiger partial charge in [0.25, 0.3) is 0 Å². The van der Waals surface area contributed by atoms with Crippen LogP contribution < -0.4 is 10.2 Å². The summed E-state index contributed by atoms with van der Waals surface area (Å²) < 4.78 is 7.05. The summed E-state index contributed by atoms with van der Waals surface area (Å²) in [5.41, 5.74) is 2.37. The van der Waals surface area contributed by atoms with E-state index in [0.29, 0.717) is 6.04 Å². The maximum absolute atomic E-state index is 5.07. The van der Waals surface area contributed by atoms with Gasteiger partial charge >= 0.3 is 0 Å². The number of aromatic nitrogens is 2. The largest absolute Gasteiger partial charge is 0.383 e. The summed E-state index contributed by atoms with van der Waals surface area (Å²) in [6.45, 7) is 6.74. The minimum atomic E-state index is 0.484. The van der Waals surface area contributed by atoms with Crippen LogP contribution in [0.3, 0.4) is 0 Å². The van der Waals surface area contributed by atoms with E-state index in [2.05, 4.69) is 42.5 Å². The molecule has 5 nitrogen and oxygen atoms in total. The van der Waals surface area contributed by atoms with Crippen LogP contribution in [0.2, 0.25) is 0 Å². The van der Waals surface area contributed by atoms with Crippen molar-refractivity contribution in [1.82, 2.24) is 15.1 Å². The van der Waals surface area contributed by atoms with Gasteiger partial charge in [0, 0.05) is 51.7 Å². The normalized spacial score (nSPS) is 12.7. The Bertz CT molecular complexity index is 408. The fourth-order valence-electron chi connectivity index (χ4n) is 2.29. The molecule has 0 aliphatic carbocycles. The van der Waals surface area contributed by atoms with Gasteiger partial charge in [0.2, 0.25) is 0 Å². The number of thioether (sulfide) groups is 1. The molecule has 1 atom stereocenters. The third-order valence-corrected chi connectivity index (χ3v) is 4.32. The second-order valence-corrected chi connectivity index (χ2v) is 6.01. The minimum absolute atomic E-state index is 0.484. The van der Waals surface area contributed by atoms with Gasteiger partial charge in [-0.1, -0.05) is 0 Å². The number of nitrogens with zero attached hydrogens (tertiary/aromatic N) is 3. The van der Waals surface area contributed by atoms with Crippen molar-refractivity contribution in [2.24, 2.45) is 7.05 Å². The molecule has 1 heterocycles. The first-order valence-electron chi connectivity index (χ1n) is 6.96. The number of aryl methyl sites for hydroxylation is 2. The SMILES string of the molecule is COCCNCc1c(C)nn(C)c1N(C)C(C)CSC. The molecule has 0 radical (unpaired) electrons. The lowest BCUT2D eigenvalue weighted by molar-refractivity contribution is 0.199. The molecular weight excluding hydrogens is 272 g/mol. The summed E-state index contributed by atoms with van der Waals surface area (Å²) in [5.74, 6) is 2.31. The van der Waals surface area contributed by atoms with Gasteiger partial charge in [-0.05, 0) is 20.1 Å². The molecular formula is C14H28N4OS. The fourth-order valence-corrected chi connectivity index (χ4v) is 2.99. The highest BCUT2D eigenvalue weighted by molar-refractivity contribution is 7.98. The lowest BCUT2D eigenvalue weighted by Gasteiger charge is -2.27. The highest BCUT2D eigenvalue weighted by atomic mass is 32.2. The summed E-state index contributed by atoms with van der Waals surface area (Å²) >= 11 is 1.87. The number of hydrogen-bond acceptors (Lipinski definition) is 5. The van der Waals surface area contributed by atoms with Gasteiger partial charge in [-0.25, -0.2) is 0 Å². The quantitative estimate of drug-likeness (QED) is 0.703. The van der Waals surface area contributed by atoms with Gasteiger partial charge in [0.1, 0.15) is 5.82 Å². The van der Waals surface area contributed by atoms with E-state index in [4.69, 9.17) is 4.74 Å². The topological polar surface area (TPSA) is 42.3 Å². The number of methoxy groups -OCH3 is 1. The van der Waals surface area contributed by atoms with E-state index in [1.165, 1.54) is 11.4 Å². The summed E-state index contributed by atoms with van der Waals surface area (Å²) in [5, 5.41) is 7.98. The van der Waals surface area contributed by atoms with Crippen molar-refractivity contribution < 1.29 is 4.74 Å². The summed E-state index contributed by atoms with van der Waals surface area (Å²) in [6.07, 6.45) is 2.14. The van der Waals surface area contributed by atoms with Crippen molar-refractivity contribution in [3.8, 4) is 0 Å². The predicted molar refractivity (Wildman–Crippen MR) is 87.8 cm³/mol. The van der Waals surface area contributed by atoms with E-state index >= 15 is 0 Å². The number of anilines is 1. The van der Waals surface area contributed by atoms with Crippen molar-refractivity contribution in [1.29, 1.82) is 0 Å². The zero-order chi connectivity index (χ0) is 15.1. The molecule has 116 valence electrons. The molecule has 6 heteroatoms. The van der Waals surface area contributed by atoms with Crippen molar-refractivity contribution in [2.75, 3.05) is 44.2 Å². The van der Waals surface area contributed by atoms with E-state index in [9.17, 15) is 0 Å². The molecule has 0 aromatic carbocycles. The van der Waals surface area contributed by atoms with Crippen molar-refractivity contribution in [3.05, 3.63) is 11.3 Å². The Kier molecular flexibility index (Phi) is 7.40. The number of hydrogen-bond donors (Lipinski definition) is 1. The standard InChI is InChI=1S/C14H28N4OS/c1-11(10-20-6)17(3)14-13(9-15-7-8-19-5)12(2)16-18(14)4/h11,15H,7-10H2,1-6H3. The third kappa shape index (κ3) is 4.40. The monoisotopic (exact) mass is 300 g/mol. The van der Waals surface area contributed by atoms with Crippen LogP contribution in [-0.4, -0.2) is 55.1 Å². The Balaban J connectivity index is 2.83.